The average molecular weight is 480 g/mol. The van der Waals surface area contributed by atoms with Crippen LogP contribution in [-0.2, 0) is 16.1 Å². The van der Waals surface area contributed by atoms with Crippen LogP contribution in [0.2, 0.25) is 0 Å². The first kappa shape index (κ1) is 24.5. The molecular weight excluding hydrogens is 446 g/mol. The minimum absolute atomic E-state index is 0.0109. The van der Waals surface area contributed by atoms with Crippen molar-refractivity contribution in [2.24, 2.45) is 0 Å². The highest BCUT2D eigenvalue weighted by Gasteiger charge is 2.35. The summed E-state index contributed by atoms with van der Waals surface area (Å²) in [5.41, 5.74) is 2.07. The molecule has 11 nitrogen and oxygen atoms in total. The number of carbonyl (C=O) groups excluding carboxylic acids is 2. The zero-order chi connectivity index (χ0) is 25.3. The first-order chi connectivity index (χ1) is 16.7. The molecule has 1 saturated heterocycles. The van der Waals surface area contributed by atoms with E-state index in [1.54, 1.807) is 19.3 Å². The lowest BCUT2D eigenvalue weighted by atomic mass is 10.1. The molecule has 0 spiro atoms. The van der Waals surface area contributed by atoms with Crippen molar-refractivity contribution in [2.75, 3.05) is 18.4 Å². The molecule has 4 rings (SSSR count). The number of piperazine rings is 1. The van der Waals surface area contributed by atoms with Gasteiger partial charge in [0.05, 0.1) is 5.56 Å². The van der Waals surface area contributed by atoms with Gasteiger partial charge < -0.3 is 19.7 Å². The topological polar surface area (TPSA) is 122 Å². The van der Waals surface area contributed by atoms with Crippen molar-refractivity contribution in [2.45, 2.75) is 72.6 Å². The number of hydrogen-bond acceptors (Lipinski definition) is 8. The van der Waals surface area contributed by atoms with E-state index in [0.717, 1.165) is 5.56 Å². The molecule has 4 heterocycles. The summed E-state index contributed by atoms with van der Waals surface area (Å²) in [7, 11) is 0. The zero-order valence-electron chi connectivity index (χ0n) is 21.2. The number of imidazole rings is 1. The number of rotatable bonds is 6. The number of aryl methyl sites for hydroxylation is 2. The van der Waals surface area contributed by atoms with Gasteiger partial charge in [0.25, 0.3) is 0 Å². The Morgan fingerprint density at radius 2 is 1.74 bits per heavy atom. The van der Waals surface area contributed by atoms with Crippen molar-refractivity contribution < 1.29 is 9.59 Å². The average Bonchev–Trinajstić information content (AvgIpc) is 3.21. The quantitative estimate of drug-likeness (QED) is 0.571. The highest BCUT2D eigenvalue weighted by atomic mass is 16.2. The van der Waals surface area contributed by atoms with Crippen molar-refractivity contribution in [3.8, 4) is 11.4 Å². The van der Waals surface area contributed by atoms with Crippen LogP contribution in [0.4, 0.5) is 5.82 Å². The number of nitrogens with zero attached hydrogens (tertiary/aromatic N) is 8. The fourth-order valence-electron chi connectivity index (χ4n) is 4.92. The van der Waals surface area contributed by atoms with Gasteiger partial charge in [-0.1, -0.05) is 6.92 Å². The number of amides is 2. The summed E-state index contributed by atoms with van der Waals surface area (Å²) in [5.74, 6) is 1.93. The van der Waals surface area contributed by atoms with E-state index < -0.39 is 6.04 Å². The molecule has 11 heteroatoms. The maximum Gasteiger partial charge on any atom is 0.245 e. The number of anilines is 1. The molecule has 1 fully saturated rings. The third-order valence-electron chi connectivity index (χ3n) is 6.50. The zero-order valence-corrected chi connectivity index (χ0v) is 21.2. The summed E-state index contributed by atoms with van der Waals surface area (Å²) in [6.07, 6.45) is 5.56. The van der Waals surface area contributed by atoms with E-state index >= 15 is 0 Å². The molecule has 1 N–H and O–H groups in total. The van der Waals surface area contributed by atoms with Gasteiger partial charge in [-0.05, 0) is 34.1 Å². The first-order valence-electron chi connectivity index (χ1n) is 12.1. The Morgan fingerprint density at radius 1 is 1.09 bits per heavy atom. The first-order valence-corrected chi connectivity index (χ1v) is 12.1. The van der Waals surface area contributed by atoms with Crippen LogP contribution in [0.1, 0.15) is 46.9 Å². The van der Waals surface area contributed by atoms with Gasteiger partial charge in [0.1, 0.15) is 24.0 Å². The Hall–Kier alpha value is -3.63. The molecule has 3 aromatic heterocycles. The van der Waals surface area contributed by atoms with Crippen LogP contribution in [0.3, 0.4) is 0 Å². The van der Waals surface area contributed by atoms with Gasteiger partial charge in [-0.2, -0.15) is 0 Å². The van der Waals surface area contributed by atoms with E-state index in [1.807, 2.05) is 49.0 Å². The highest BCUT2D eigenvalue weighted by molar-refractivity contribution is 5.90. The lowest BCUT2D eigenvalue weighted by molar-refractivity contribution is -0.145. The Morgan fingerprint density at radius 3 is 2.31 bits per heavy atom. The van der Waals surface area contributed by atoms with E-state index in [9.17, 15) is 9.59 Å². The van der Waals surface area contributed by atoms with Gasteiger partial charge in [-0.15, -0.1) is 0 Å². The molecule has 0 aliphatic carbocycles. The van der Waals surface area contributed by atoms with Crippen molar-refractivity contribution in [1.29, 1.82) is 0 Å². The molecule has 1 aliphatic heterocycles. The number of fused-ring (bicyclic) bond motifs is 1. The molecule has 186 valence electrons. The monoisotopic (exact) mass is 479 g/mol. The lowest BCUT2D eigenvalue weighted by Gasteiger charge is -2.44. The molecule has 3 atom stereocenters. The standard InChI is InChI=1S/C24H33N9O2/c1-7-19(24(35)31-11-14(3)33(17(6)34)15(4)12-31)29-21-20-23(28-13-27-21)32(8-2)22(30-20)18-9-25-16(5)26-10-18/h9-10,13-15,19H,7-8,11-12H2,1-6H3,(H,27,28,29)/t14-,15+,19-/m0/s1. The second kappa shape index (κ2) is 9.93. The smallest absolute Gasteiger partial charge is 0.245 e. The van der Waals surface area contributed by atoms with Gasteiger partial charge >= 0.3 is 0 Å². The third kappa shape index (κ3) is 4.67. The SMILES string of the molecule is CC[C@H](Nc1ncnc2c1nc(-c1cnc(C)nc1)n2CC)C(=O)N1C[C@@H](C)N(C(C)=O)[C@@H](C)C1. The van der Waals surface area contributed by atoms with E-state index in [4.69, 9.17) is 4.98 Å². The number of aromatic nitrogens is 6. The van der Waals surface area contributed by atoms with Crippen LogP contribution in [-0.4, -0.2) is 82.3 Å². The molecule has 35 heavy (non-hydrogen) atoms. The molecule has 3 aromatic rings. The van der Waals surface area contributed by atoms with Crippen LogP contribution in [0.5, 0.6) is 0 Å². The van der Waals surface area contributed by atoms with E-state index in [0.29, 0.717) is 54.7 Å². The number of carbonyl (C=O) groups is 2. The van der Waals surface area contributed by atoms with Gasteiger partial charge in [-0.3, -0.25) is 9.59 Å². The molecule has 0 radical (unpaired) electrons. The van der Waals surface area contributed by atoms with E-state index in [2.05, 4.69) is 25.3 Å². The maximum atomic E-state index is 13.5. The summed E-state index contributed by atoms with van der Waals surface area (Å²) in [5, 5.41) is 3.33. The molecule has 0 aromatic carbocycles. The van der Waals surface area contributed by atoms with Crippen LogP contribution in [0, 0.1) is 6.92 Å². The van der Waals surface area contributed by atoms with E-state index in [-0.39, 0.29) is 23.9 Å². The Balaban J connectivity index is 1.62. The van der Waals surface area contributed by atoms with Crippen molar-refractivity contribution in [3.05, 3.63) is 24.5 Å². The van der Waals surface area contributed by atoms with Gasteiger partial charge in [0.2, 0.25) is 11.8 Å². The van der Waals surface area contributed by atoms with E-state index in [1.165, 1.54) is 6.33 Å². The molecule has 1 aliphatic rings. The summed E-state index contributed by atoms with van der Waals surface area (Å²) in [4.78, 5) is 51.5. The Kier molecular flexibility index (Phi) is 6.95. The minimum atomic E-state index is -0.477. The highest BCUT2D eigenvalue weighted by Crippen LogP contribution is 2.27. The molecule has 0 saturated carbocycles. The summed E-state index contributed by atoms with van der Waals surface area (Å²) in [6, 6.07) is -0.555. The summed E-state index contributed by atoms with van der Waals surface area (Å²) in [6.45, 7) is 13.0. The molecule has 2 amide bonds. The second-order valence-electron chi connectivity index (χ2n) is 9.07. The second-order valence-corrected chi connectivity index (χ2v) is 9.07. The number of nitrogens with one attached hydrogen (secondary N) is 1. The summed E-state index contributed by atoms with van der Waals surface area (Å²) < 4.78 is 1.99. The fourth-order valence-corrected chi connectivity index (χ4v) is 4.92. The van der Waals surface area contributed by atoms with Crippen molar-refractivity contribution >= 4 is 28.8 Å². The van der Waals surface area contributed by atoms with Gasteiger partial charge in [0, 0.05) is 51.0 Å². The van der Waals surface area contributed by atoms with Crippen molar-refractivity contribution in [1.82, 2.24) is 39.3 Å². The fraction of sp³-hybridized carbons (Fsp3) is 0.542. The maximum absolute atomic E-state index is 13.5. The minimum Gasteiger partial charge on any atom is -0.356 e. The molecule has 0 unspecified atom stereocenters. The summed E-state index contributed by atoms with van der Waals surface area (Å²) >= 11 is 0. The predicted molar refractivity (Wildman–Crippen MR) is 132 cm³/mol. The Labute approximate surface area is 205 Å². The predicted octanol–water partition coefficient (Wildman–Crippen LogP) is 2.27. The van der Waals surface area contributed by atoms with Crippen LogP contribution < -0.4 is 5.32 Å². The van der Waals surface area contributed by atoms with Gasteiger partial charge in [-0.25, -0.2) is 24.9 Å². The Bertz CT molecular complexity index is 1210. The van der Waals surface area contributed by atoms with Gasteiger partial charge in [0.15, 0.2) is 17.0 Å². The van der Waals surface area contributed by atoms with Crippen LogP contribution >= 0.6 is 0 Å². The van der Waals surface area contributed by atoms with Crippen LogP contribution in [0.25, 0.3) is 22.6 Å². The lowest BCUT2D eigenvalue weighted by Crippen LogP contribution is -2.61. The third-order valence-corrected chi connectivity index (χ3v) is 6.50. The normalized spacial score (nSPS) is 19.1. The largest absolute Gasteiger partial charge is 0.356 e. The van der Waals surface area contributed by atoms with Crippen molar-refractivity contribution in [3.63, 3.8) is 0 Å². The molecular formula is C24H33N9O2. The number of hydrogen-bond donors (Lipinski definition) is 1. The van der Waals surface area contributed by atoms with Crippen LogP contribution in [0.15, 0.2) is 18.7 Å². The molecule has 0 bridgehead atoms.